The van der Waals surface area contributed by atoms with Crippen LogP contribution in [0.4, 0.5) is 4.39 Å². The Kier molecular flexibility index (Phi) is 4.69. The van der Waals surface area contributed by atoms with Gasteiger partial charge in [-0.25, -0.2) is 4.39 Å². The van der Waals surface area contributed by atoms with Crippen LogP contribution in [0.25, 0.3) is 0 Å². The van der Waals surface area contributed by atoms with E-state index >= 15 is 0 Å². The Balaban J connectivity index is 1.97. The largest absolute Gasteiger partial charge is 0.341 e. The van der Waals surface area contributed by atoms with Crippen molar-refractivity contribution in [2.45, 2.75) is 0 Å². The van der Waals surface area contributed by atoms with E-state index in [1.165, 1.54) is 12.1 Å². The van der Waals surface area contributed by atoms with Gasteiger partial charge >= 0.3 is 0 Å². The molecule has 0 atom stereocenters. The van der Waals surface area contributed by atoms with Crippen molar-refractivity contribution >= 4 is 5.91 Å². The summed E-state index contributed by atoms with van der Waals surface area (Å²) in [5.41, 5.74) is 1.10. The molecule has 0 bridgehead atoms. The number of nitrogens with one attached hydrogen (secondary N) is 1. The molecule has 0 fully saturated rings. The summed E-state index contributed by atoms with van der Waals surface area (Å²) < 4.78 is 13.3. The first-order chi connectivity index (χ1) is 10.2. The van der Waals surface area contributed by atoms with E-state index in [1.54, 1.807) is 36.4 Å². The molecule has 4 heteroatoms. The summed E-state index contributed by atoms with van der Waals surface area (Å²) in [5, 5.41) is 11.4. The minimum atomic E-state index is -0.391. The monoisotopic (exact) mass is 278 g/mol. The Morgan fingerprint density at radius 2 is 2.00 bits per heavy atom. The van der Waals surface area contributed by atoms with Crippen molar-refractivity contribution in [1.29, 1.82) is 5.26 Å². The molecule has 2 aromatic rings. The summed E-state index contributed by atoms with van der Waals surface area (Å²) in [6.07, 6.45) is 0. The van der Waals surface area contributed by atoms with Gasteiger partial charge in [0.25, 0.3) is 5.91 Å². The Morgan fingerprint density at radius 1 is 1.19 bits per heavy atom. The second-order valence-corrected chi connectivity index (χ2v) is 4.16. The quantitative estimate of drug-likeness (QED) is 0.858. The summed E-state index contributed by atoms with van der Waals surface area (Å²) in [7, 11) is 0. The summed E-state index contributed by atoms with van der Waals surface area (Å²) in [4.78, 5) is 11.8. The number of hydrogen-bond donors (Lipinski definition) is 1. The van der Waals surface area contributed by atoms with Crippen LogP contribution in [0.5, 0.6) is 0 Å². The maximum Gasteiger partial charge on any atom is 0.252 e. The highest BCUT2D eigenvalue weighted by atomic mass is 19.1. The second kappa shape index (κ2) is 6.88. The van der Waals surface area contributed by atoms with Crippen molar-refractivity contribution in [3.8, 4) is 17.9 Å². The third kappa shape index (κ3) is 3.92. The third-order valence-corrected chi connectivity index (χ3v) is 2.69. The predicted molar refractivity (Wildman–Crippen MR) is 76.8 cm³/mol. The second-order valence-electron chi connectivity index (χ2n) is 4.16. The molecule has 2 rings (SSSR count). The molecule has 2 aromatic carbocycles. The van der Waals surface area contributed by atoms with Crippen LogP contribution in [0.2, 0.25) is 0 Å². The van der Waals surface area contributed by atoms with Gasteiger partial charge in [-0.05, 0) is 30.3 Å². The fourth-order valence-corrected chi connectivity index (χ4v) is 1.66. The van der Waals surface area contributed by atoms with Gasteiger partial charge in [-0.2, -0.15) is 5.26 Å². The zero-order chi connectivity index (χ0) is 15.1. The van der Waals surface area contributed by atoms with E-state index in [2.05, 4.69) is 17.2 Å². The number of nitriles is 1. The molecule has 21 heavy (non-hydrogen) atoms. The molecule has 1 N–H and O–H groups in total. The van der Waals surface area contributed by atoms with E-state index in [0.717, 1.165) is 0 Å². The zero-order valence-electron chi connectivity index (χ0n) is 11.1. The first-order valence-electron chi connectivity index (χ1n) is 6.22. The first kappa shape index (κ1) is 14.3. The maximum absolute atomic E-state index is 13.3. The van der Waals surface area contributed by atoms with Crippen molar-refractivity contribution in [3.05, 3.63) is 71.0 Å². The number of carbonyl (C=O) groups excluding carboxylic acids is 1. The number of amides is 1. The summed E-state index contributed by atoms with van der Waals surface area (Å²) in [6, 6.07) is 14.5. The van der Waals surface area contributed by atoms with E-state index in [4.69, 9.17) is 5.26 Å². The average Bonchev–Trinajstić information content (AvgIpc) is 2.53. The molecule has 0 saturated carbocycles. The topological polar surface area (TPSA) is 52.9 Å². The number of rotatable bonds is 2. The van der Waals surface area contributed by atoms with Gasteiger partial charge in [0, 0.05) is 5.56 Å². The Bertz CT molecular complexity index is 766. The molecule has 0 aromatic heterocycles. The molecular formula is C17H11FN2O. The standard InChI is InChI=1S/C17H11FN2O/c18-16-9-2-1-6-14(16)8-4-10-20-17(21)15-7-3-5-13(11-15)12-19/h1-3,5-7,9,11H,10H2,(H,20,21). The van der Waals surface area contributed by atoms with Gasteiger partial charge in [-0.15, -0.1) is 0 Å². The maximum atomic E-state index is 13.3. The van der Waals surface area contributed by atoms with Crippen LogP contribution < -0.4 is 5.32 Å². The van der Waals surface area contributed by atoms with E-state index < -0.39 is 5.82 Å². The van der Waals surface area contributed by atoms with Gasteiger partial charge in [0.1, 0.15) is 5.82 Å². The number of carbonyl (C=O) groups is 1. The fraction of sp³-hybridized carbons (Fsp3) is 0.0588. The normalized spacial score (nSPS) is 9.14. The van der Waals surface area contributed by atoms with Gasteiger partial charge in [0.05, 0.1) is 23.7 Å². The molecule has 1 amide bonds. The molecule has 0 aliphatic carbocycles. The predicted octanol–water partition coefficient (Wildman–Crippen LogP) is 2.48. The molecule has 0 aliphatic rings. The highest BCUT2D eigenvalue weighted by Crippen LogP contribution is 2.04. The van der Waals surface area contributed by atoms with E-state index in [0.29, 0.717) is 16.7 Å². The molecule has 0 aliphatic heterocycles. The fourth-order valence-electron chi connectivity index (χ4n) is 1.66. The van der Waals surface area contributed by atoms with Gasteiger partial charge in [-0.1, -0.05) is 30.0 Å². The number of nitrogens with zero attached hydrogens (tertiary/aromatic N) is 1. The minimum Gasteiger partial charge on any atom is -0.341 e. The minimum absolute atomic E-state index is 0.101. The van der Waals surface area contributed by atoms with Crippen LogP contribution in [-0.2, 0) is 0 Å². The van der Waals surface area contributed by atoms with Crippen molar-refractivity contribution in [1.82, 2.24) is 5.32 Å². The van der Waals surface area contributed by atoms with Crippen molar-refractivity contribution in [2.75, 3.05) is 6.54 Å². The van der Waals surface area contributed by atoms with E-state index in [-0.39, 0.29) is 12.5 Å². The Labute approximate surface area is 122 Å². The van der Waals surface area contributed by atoms with E-state index in [1.807, 2.05) is 6.07 Å². The molecule has 0 saturated heterocycles. The molecule has 3 nitrogen and oxygen atoms in total. The summed E-state index contributed by atoms with van der Waals surface area (Å²) >= 11 is 0. The molecule has 102 valence electrons. The summed E-state index contributed by atoms with van der Waals surface area (Å²) in [5.74, 6) is 4.62. The van der Waals surface area contributed by atoms with Gasteiger partial charge in [-0.3, -0.25) is 4.79 Å². The van der Waals surface area contributed by atoms with Crippen LogP contribution in [-0.4, -0.2) is 12.5 Å². The van der Waals surface area contributed by atoms with Crippen LogP contribution >= 0.6 is 0 Å². The molecule has 0 heterocycles. The highest BCUT2D eigenvalue weighted by molar-refractivity contribution is 5.94. The van der Waals surface area contributed by atoms with Gasteiger partial charge in [0.15, 0.2) is 0 Å². The molecule has 0 spiro atoms. The SMILES string of the molecule is N#Cc1cccc(C(=O)NCC#Cc2ccccc2F)c1. The van der Waals surface area contributed by atoms with Crippen LogP contribution in [0.1, 0.15) is 21.5 Å². The lowest BCUT2D eigenvalue weighted by Crippen LogP contribution is -2.23. The zero-order valence-corrected chi connectivity index (χ0v) is 11.1. The summed E-state index contributed by atoms with van der Waals surface area (Å²) in [6.45, 7) is 0.101. The lowest BCUT2D eigenvalue weighted by molar-refractivity contribution is 0.0958. The van der Waals surface area contributed by atoms with Crippen LogP contribution in [0, 0.1) is 29.0 Å². The Hall–Kier alpha value is -3.11. The Morgan fingerprint density at radius 3 is 2.76 bits per heavy atom. The lowest BCUT2D eigenvalue weighted by Gasteiger charge is -2.01. The first-order valence-corrected chi connectivity index (χ1v) is 6.22. The highest BCUT2D eigenvalue weighted by Gasteiger charge is 2.04. The van der Waals surface area contributed by atoms with Crippen LogP contribution in [0.3, 0.4) is 0 Å². The van der Waals surface area contributed by atoms with Crippen molar-refractivity contribution in [2.24, 2.45) is 0 Å². The lowest BCUT2D eigenvalue weighted by atomic mass is 10.1. The number of halogens is 1. The average molecular weight is 278 g/mol. The molecular weight excluding hydrogens is 267 g/mol. The number of benzene rings is 2. The van der Waals surface area contributed by atoms with Crippen LogP contribution in [0.15, 0.2) is 48.5 Å². The smallest absolute Gasteiger partial charge is 0.252 e. The molecule has 0 radical (unpaired) electrons. The van der Waals surface area contributed by atoms with E-state index in [9.17, 15) is 9.18 Å². The number of hydrogen-bond acceptors (Lipinski definition) is 2. The third-order valence-electron chi connectivity index (χ3n) is 2.69. The van der Waals surface area contributed by atoms with Crippen molar-refractivity contribution < 1.29 is 9.18 Å². The van der Waals surface area contributed by atoms with Gasteiger partial charge < -0.3 is 5.32 Å². The van der Waals surface area contributed by atoms with Gasteiger partial charge in [0.2, 0.25) is 0 Å². The molecule has 0 unspecified atom stereocenters. The van der Waals surface area contributed by atoms with Crippen molar-refractivity contribution in [3.63, 3.8) is 0 Å².